The molecule has 0 spiro atoms. The Bertz CT molecular complexity index is 183. The maximum atomic E-state index is 9.39. The van der Waals surface area contributed by atoms with E-state index in [1.807, 2.05) is 0 Å². The van der Waals surface area contributed by atoms with Crippen molar-refractivity contribution in [3.05, 3.63) is 0 Å². The first-order valence-corrected chi connectivity index (χ1v) is 5.46. The topological polar surface area (TPSA) is 58.9 Å². The second-order valence-corrected chi connectivity index (χ2v) is 5.07. The average Bonchev–Trinajstić information content (AvgIpc) is 2.12. The summed E-state index contributed by atoms with van der Waals surface area (Å²) in [4.78, 5) is 0. The molecule has 0 aromatic rings. The number of aliphatic hydroxyl groups excluding tert-OH is 2. The molecule has 0 aromatic heterocycles. The minimum atomic E-state index is -0.658. The first kappa shape index (κ1) is 16.0. The molecule has 0 bridgehead atoms. The summed E-state index contributed by atoms with van der Waals surface area (Å²) in [5.41, 5.74) is -1.32. The summed E-state index contributed by atoms with van der Waals surface area (Å²) >= 11 is 0. The van der Waals surface area contributed by atoms with Crippen molar-refractivity contribution in [2.45, 2.75) is 65.0 Å². The summed E-state index contributed by atoms with van der Waals surface area (Å²) in [6, 6.07) is 0. The van der Waals surface area contributed by atoms with Crippen LogP contribution in [-0.2, 0) is 9.31 Å². The summed E-state index contributed by atoms with van der Waals surface area (Å²) in [7, 11) is 2.77. The van der Waals surface area contributed by atoms with Crippen molar-refractivity contribution >= 4 is 14.7 Å². The molecule has 0 saturated heterocycles. The van der Waals surface area contributed by atoms with Crippen molar-refractivity contribution in [1.29, 1.82) is 0 Å². The molecule has 0 amide bonds. The van der Waals surface area contributed by atoms with E-state index < -0.39 is 23.4 Å². The zero-order valence-electron chi connectivity index (χ0n) is 11.0. The molecule has 0 aliphatic carbocycles. The predicted octanol–water partition coefficient (Wildman–Crippen LogP) is 0.492. The van der Waals surface area contributed by atoms with Gasteiger partial charge < -0.3 is 19.5 Å². The molecule has 0 fully saturated rings. The minimum absolute atomic E-state index is 0.582. The van der Waals surface area contributed by atoms with Crippen LogP contribution in [0.3, 0.4) is 0 Å². The fraction of sp³-hybridized carbons (Fsp3) is 1.00. The number of aliphatic hydroxyl groups is 2. The molecule has 2 N–H and O–H groups in total. The first-order chi connectivity index (χ1) is 7.09. The molecule has 0 aliphatic rings. The molecular formula is C10H22B2O4. The monoisotopic (exact) mass is 228 g/mol. The second-order valence-electron chi connectivity index (χ2n) is 5.07. The summed E-state index contributed by atoms with van der Waals surface area (Å²) in [5.74, 6) is 0. The van der Waals surface area contributed by atoms with Gasteiger partial charge in [-0.1, -0.05) is 0 Å². The van der Waals surface area contributed by atoms with Crippen molar-refractivity contribution in [2.24, 2.45) is 0 Å². The fourth-order valence-electron chi connectivity index (χ4n) is 0.603. The Labute approximate surface area is 99.9 Å². The Kier molecular flexibility index (Phi) is 6.04. The lowest BCUT2D eigenvalue weighted by Crippen LogP contribution is -2.43. The molecule has 6 heteroatoms. The maximum absolute atomic E-state index is 9.39. The predicted molar refractivity (Wildman–Crippen MR) is 65.2 cm³/mol. The third-order valence-electron chi connectivity index (χ3n) is 2.81. The van der Waals surface area contributed by atoms with Gasteiger partial charge in [-0.15, -0.1) is 0 Å². The van der Waals surface area contributed by atoms with Crippen LogP contribution in [0.4, 0.5) is 0 Å². The molecule has 2 radical (unpaired) electrons. The second kappa shape index (κ2) is 6.05. The van der Waals surface area contributed by atoms with E-state index in [4.69, 9.17) is 9.31 Å². The SMILES string of the molecule is CC(O)C(C)(C)O[B][B]OC(C)(C)C(C)O. The van der Waals surface area contributed by atoms with Gasteiger partial charge in [0.25, 0.3) is 14.7 Å². The molecule has 0 rings (SSSR count). The lowest BCUT2D eigenvalue weighted by atomic mass is 9.63. The highest BCUT2D eigenvalue weighted by Gasteiger charge is 2.27. The molecule has 0 heterocycles. The Morgan fingerprint density at radius 2 is 1.06 bits per heavy atom. The number of rotatable bonds is 7. The van der Waals surface area contributed by atoms with Crippen LogP contribution in [0.2, 0.25) is 0 Å². The number of hydrogen-bond donors (Lipinski definition) is 2. The van der Waals surface area contributed by atoms with E-state index >= 15 is 0 Å². The van der Waals surface area contributed by atoms with Crippen LogP contribution in [0, 0.1) is 0 Å². The van der Waals surface area contributed by atoms with Crippen LogP contribution in [-0.4, -0.2) is 48.4 Å². The average molecular weight is 228 g/mol. The molecule has 4 nitrogen and oxygen atoms in total. The van der Waals surface area contributed by atoms with Gasteiger partial charge in [-0.2, -0.15) is 0 Å². The normalized spacial score (nSPS) is 16.8. The zero-order valence-corrected chi connectivity index (χ0v) is 11.0. The van der Waals surface area contributed by atoms with E-state index in [9.17, 15) is 10.2 Å². The smallest absolute Gasteiger partial charge is 0.283 e. The largest absolute Gasteiger partial charge is 0.440 e. The zero-order chi connectivity index (χ0) is 13.0. The standard InChI is InChI=1S/C10H22B2O4/c1-7(13)9(3,4)15-11-12-16-10(5,6)8(2)14/h7-8,13-14H,1-6H3. The van der Waals surface area contributed by atoms with Crippen LogP contribution in [0.25, 0.3) is 0 Å². The maximum Gasteiger partial charge on any atom is 0.283 e. The lowest BCUT2D eigenvalue weighted by molar-refractivity contribution is -0.0221. The molecule has 0 aromatic carbocycles. The summed E-state index contributed by atoms with van der Waals surface area (Å²) < 4.78 is 10.7. The summed E-state index contributed by atoms with van der Waals surface area (Å²) in [5, 5.41) is 18.8. The molecule has 0 saturated carbocycles. The number of hydrogen-bond acceptors (Lipinski definition) is 4. The summed E-state index contributed by atoms with van der Waals surface area (Å²) in [6.45, 7) is 10.4. The van der Waals surface area contributed by atoms with Crippen LogP contribution in [0.1, 0.15) is 41.5 Å². The van der Waals surface area contributed by atoms with Gasteiger partial charge >= 0.3 is 0 Å². The summed E-state index contributed by atoms with van der Waals surface area (Å²) in [6.07, 6.45) is -1.16. The lowest BCUT2D eigenvalue weighted by Gasteiger charge is -2.31. The van der Waals surface area contributed by atoms with Gasteiger partial charge in [0, 0.05) is 0 Å². The highest BCUT2D eigenvalue weighted by molar-refractivity contribution is 6.93. The fourth-order valence-corrected chi connectivity index (χ4v) is 0.603. The van der Waals surface area contributed by atoms with E-state index in [2.05, 4.69) is 0 Å². The van der Waals surface area contributed by atoms with E-state index in [-0.39, 0.29) is 0 Å². The quantitative estimate of drug-likeness (QED) is 0.491. The van der Waals surface area contributed by atoms with E-state index in [0.29, 0.717) is 0 Å². The molecule has 2 atom stereocenters. The van der Waals surface area contributed by atoms with Gasteiger partial charge in [-0.3, -0.25) is 0 Å². The Balaban J connectivity index is 3.85. The van der Waals surface area contributed by atoms with Crippen molar-refractivity contribution in [3.8, 4) is 0 Å². The van der Waals surface area contributed by atoms with Crippen molar-refractivity contribution in [3.63, 3.8) is 0 Å². The van der Waals surface area contributed by atoms with Gasteiger partial charge in [0.15, 0.2) is 0 Å². The van der Waals surface area contributed by atoms with Gasteiger partial charge in [-0.25, -0.2) is 0 Å². The molecule has 2 unspecified atom stereocenters. The van der Waals surface area contributed by atoms with Gasteiger partial charge in [0.1, 0.15) is 0 Å². The van der Waals surface area contributed by atoms with Crippen molar-refractivity contribution in [1.82, 2.24) is 0 Å². The Morgan fingerprint density at radius 1 is 0.812 bits per heavy atom. The third-order valence-corrected chi connectivity index (χ3v) is 2.81. The van der Waals surface area contributed by atoms with E-state index in [1.165, 1.54) is 14.7 Å². The highest BCUT2D eigenvalue weighted by atomic mass is 16.5. The Hall–Kier alpha value is -0.0301. The van der Waals surface area contributed by atoms with Crippen LogP contribution >= 0.6 is 0 Å². The van der Waals surface area contributed by atoms with Crippen molar-refractivity contribution in [2.75, 3.05) is 0 Å². The molecular weight excluding hydrogens is 206 g/mol. The van der Waals surface area contributed by atoms with Crippen LogP contribution in [0.5, 0.6) is 0 Å². The van der Waals surface area contributed by atoms with E-state index in [0.717, 1.165) is 0 Å². The minimum Gasteiger partial charge on any atom is -0.440 e. The van der Waals surface area contributed by atoms with E-state index in [1.54, 1.807) is 41.5 Å². The third kappa shape index (κ3) is 5.34. The molecule has 16 heavy (non-hydrogen) atoms. The van der Waals surface area contributed by atoms with Gasteiger partial charge in [0.05, 0.1) is 23.4 Å². The van der Waals surface area contributed by atoms with Gasteiger partial charge in [0.2, 0.25) is 0 Å². The van der Waals surface area contributed by atoms with Crippen LogP contribution < -0.4 is 0 Å². The van der Waals surface area contributed by atoms with Crippen LogP contribution in [0.15, 0.2) is 0 Å². The molecule has 92 valence electrons. The molecule has 0 aliphatic heterocycles. The Morgan fingerprint density at radius 3 is 1.25 bits per heavy atom. The highest BCUT2D eigenvalue weighted by Crippen LogP contribution is 2.15. The van der Waals surface area contributed by atoms with Gasteiger partial charge in [-0.05, 0) is 41.5 Å². The first-order valence-electron chi connectivity index (χ1n) is 5.46. The van der Waals surface area contributed by atoms with Crippen molar-refractivity contribution < 1.29 is 19.5 Å².